The second kappa shape index (κ2) is 6.84. The molecule has 0 bridgehead atoms. The number of aliphatic carboxylic acids is 1. The van der Waals surface area contributed by atoms with Gasteiger partial charge in [-0.3, -0.25) is 9.59 Å². The number of ketones is 1. The highest BCUT2D eigenvalue weighted by Crippen LogP contribution is 2.24. The van der Waals surface area contributed by atoms with Gasteiger partial charge < -0.3 is 5.11 Å². The molecule has 21 heavy (non-hydrogen) atoms. The maximum atomic E-state index is 12.1. The number of Topliss-reactive ketones (excluding diaryl/α,β-unsaturated/α-hetero) is 1. The van der Waals surface area contributed by atoms with Crippen molar-refractivity contribution in [1.29, 1.82) is 0 Å². The van der Waals surface area contributed by atoms with E-state index in [-0.39, 0.29) is 18.6 Å². The minimum absolute atomic E-state index is 0.00770. The summed E-state index contributed by atoms with van der Waals surface area (Å²) in [6.07, 6.45) is 0.676. The van der Waals surface area contributed by atoms with Gasteiger partial charge in [-0.1, -0.05) is 42.5 Å². The van der Waals surface area contributed by atoms with Gasteiger partial charge in [0, 0.05) is 18.4 Å². The third-order valence-electron chi connectivity index (χ3n) is 3.44. The fourth-order valence-electron chi connectivity index (χ4n) is 2.30. The Morgan fingerprint density at radius 3 is 2.48 bits per heavy atom. The lowest BCUT2D eigenvalue weighted by Crippen LogP contribution is -2.02. The van der Waals surface area contributed by atoms with Crippen LogP contribution in [0.3, 0.4) is 0 Å². The summed E-state index contributed by atoms with van der Waals surface area (Å²) < 4.78 is 0. The zero-order valence-corrected chi connectivity index (χ0v) is 12.0. The molecule has 3 heteroatoms. The Kier molecular flexibility index (Phi) is 4.88. The molecule has 0 aliphatic rings. The lowest BCUT2D eigenvalue weighted by atomic mass is 9.97. The van der Waals surface area contributed by atoms with E-state index in [1.165, 1.54) is 0 Å². The molecule has 3 nitrogen and oxygen atoms in total. The van der Waals surface area contributed by atoms with Crippen molar-refractivity contribution >= 4 is 11.8 Å². The van der Waals surface area contributed by atoms with Gasteiger partial charge in [-0.2, -0.15) is 0 Å². The molecule has 108 valence electrons. The quantitative estimate of drug-likeness (QED) is 0.811. The summed E-state index contributed by atoms with van der Waals surface area (Å²) in [5.74, 6) is -0.872. The fourth-order valence-corrected chi connectivity index (χ4v) is 2.30. The van der Waals surface area contributed by atoms with E-state index in [0.29, 0.717) is 12.0 Å². The average molecular weight is 282 g/mol. The van der Waals surface area contributed by atoms with Crippen molar-refractivity contribution in [2.45, 2.75) is 26.2 Å². The van der Waals surface area contributed by atoms with Gasteiger partial charge in [-0.25, -0.2) is 0 Å². The highest BCUT2D eigenvalue weighted by atomic mass is 16.4. The van der Waals surface area contributed by atoms with Crippen LogP contribution < -0.4 is 0 Å². The lowest BCUT2D eigenvalue weighted by Gasteiger charge is -2.07. The van der Waals surface area contributed by atoms with Gasteiger partial charge in [0.05, 0.1) is 0 Å². The van der Waals surface area contributed by atoms with Crippen LogP contribution in [0.1, 0.15) is 35.2 Å². The number of carbonyl (C=O) groups is 2. The van der Waals surface area contributed by atoms with E-state index in [0.717, 1.165) is 16.7 Å². The molecule has 2 aromatic rings. The average Bonchev–Trinajstić information content (AvgIpc) is 2.47. The standard InChI is InChI=1S/C18H18O3/c1-13-6-2-3-9-16(13)14-7-4-8-15(12-14)17(19)10-5-11-18(20)21/h2-4,6-9,12H,5,10-11H2,1H3,(H,20,21). The van der Waals surface area contributed by atoms with Gasteiger partial charge in [0.25, 0.3) is 0 Å². The van der Waals surface area contributed by atoms with E-state index in [1.807, 2.05) is 49.4 Å². The number of benzene rings is 2. The van der Waals surface area contributed by atoms with Crippen molar-refractivity contribution in [3.8, 4) is 11.1 Å². The van der Waals surface area contributed by atoms with Crippen molar-refractivity contribution in [3.63, 3.8) is 0 Å². The molecular formula is C18H18O3. The fraction of sp³-hybridized carbons (Fsp3) is 0.222. The predicted molar refractivity (Wildman–Crippen MR) is 82.4 cm³/mol. The van der Waals surface area contributed by atoms with Crippen molar-refractivity contribution in [2.75, 3.05) is 0 Å². The van der Waals surface area contributed by atoms with E-state index < -0.39 is 5.97 Å². The molecule has 0 fully saturated rings. The molecule has 1 N–H and O–H groups in total. The van der Waals surface area contributed by atoms with Crippen LogP contribution in [0, 0.1) is 6.92 Å². The zero-order valence-electron chi connectivity index (χ0n) is 12.0. The number of rotatable bonds is 6. The van der Waals surface area contributed by atoms with Crippen LogP contribution in [0.5, 0.6) is 0 Å². The Morgan fingerprint density at radius 1 is 1.00 bits per heavy atom. The first kappa shape index (κ1) is 15.0. The van der Waals surface area contributed by atoms with E-state index in [2.05, 4.69) is 0 Å². The summed E-state index contributed by atoms with van der Waals surface area (Å²) >= 11 is 0. The van der Waals surface area contributed by atoms with Gasteiger partial charge in [0.2, 0.25) is 0 Å². The summed E-state index contributed by atoms with van der Waals surface area (Å²) in [4.78, 5) is 22.6. The Hall–Kier alpha value is -2.42. The van der Waals surface area contributed by atoms with Crippen LogP contribution >= 0.6 is 0 Å². The van der Waals surface area contributed by atoms with E-state index in [1.54, 1.807) is 6.07 Å². The van der Waals surface area contributed by atoms with Crippen LogP contribution in [0.4, 0.5) is 0 Å². The highest BCUT2D eigenvalue weighted by Gasteiger charge is 2.09. The Balaban J connectivity index is 2.16. The predicted octanol–water partition coefficient (Wildman–Crippen LogP) is 4.10. The van der Waals surface area contributed by atoms with E-state index in [4.69, 9.17) is 5.11 Å². The Morgan fingerprint density at radius 2 is 1.76 bits per heavy atom. The van der Waals surface area contributed by atoms with Crippen LogP contribution in [0.25, 0.3) is 11.1 Å². The minimum atomic E-state index is -0.864. The van der Waals surface area contributed by atoms with Crippen molar-refractivity contribution in [1.82, 2.24) is 0 Å². The Bertz CT molecular complexity index is 659. The first-order valence-electron chi connectivity index (χ1n) is 6.99. The smallest absolute Gasteiger partial charge is 0.303 e. The summed E-state index contributed by atoms with van der Waals surface area (Å²) in [6.45, 7) is 2.04. The molecule has 0 unspecified atom stereocenters. The van der Waals surface area contributed by atoms with Gasteiger partial charge in [0.15, 0.2) is 5.78 Å². The summed E-state index contributed by atoms with van der Waals surface area (Å²) in [6, 6.07) is 15.5. The molecule has 0 heterocycles. The largest absolute Gasteiger partial charge is 0.481 e. The normalized spacial score (nSPS) is 10.3. The molecular weight excluding hydrogens is 264 g/mol. The summed E-state index contributed by atoms with van der Waals surface area (Å²) in [7, 11) is 0. The monoisotopic (exact) mass is 282 g/mol. The third kappa shape index (κ3) is 4.02. The van der Waals surface area contributed by atoms with Crippen LogP contribution in [-0.2, 0) is 4.79 Å². The van der Waals surface area contributed by atoms with Gasteiger partial charge >= 0.3 is 5.97 Å². The number of carbonyl (C=O) groups excluding carboxylic acids is 1. The maximum absolute atomic E-state index is 12.1. The summed E-state index contributed by atoms with van der Waals surface area (Å²) in [5.41, 5.74) is 3.92. The molecule has 0 aliphatic heterocycles. The first-order valence-corrected chi connectivity index (χ1v) is 6.99. The van der Waals surface area contributed by atoms with Crippen LogP contribution in [0.2, 0.25) is 0 Å². The van der Waals surface area contributed by atoms with Crippen molar-refractivity contribution < 1.29 is 14.7 Å². The molecule has 2 rings (SSSR count). The Labute approximate surface area is 124 Å². The SMILES string of the molecule is Cc1ccccc1-c1cccc(C(=O)CCCC(=O)O)c1. The van der Waals surface area contributed by atoms with Crippen molar-refractivity contribution in [3.05, 3.63) is 59.7 Å². The third-order valence-corrected chi connectivity index (χ3v) is 3.44. The van der Waals surface area contributed by atoms with E-state index in [9.17, 15) is 9.59 Å². The number of carboxylic acid groups (broad SMARTS) is 1. The minimum Gasteiger partial charge on any atom is -0.481 e. The number of aryl methyl sites for hydroxylation is 1. The molecule has 2 aromatic carbocycles. The number of hydrogen-bond donors (Lipinski definition) is 1. The number of hydrogen-bond acceptors (Lipinski definition) is 2. The number of carboxylic acids is 1. The molecule has 0 aromatic heterocycles. The molecule has 0 amide bonds. The maximum Gasteiger partial charge on any atom is 0.303 e. The molecule has 0 radical (unpaired) electrons. The highest BCUT2D eigenvalue weighted by molar-refractivity contribution is 5.97. The molecule has 0 atom stereocenters. The lowest BCUT2D eigenvalue weighted by molar-refractivity contribution is -0.137. The zero-order chi connectivity index (χ0) is 15.2. The molecule has 0 saturated heterocycles. The molecule has 0 saturated carbocycles. The summed E-state index contributed by atoms with van der Waals surface area (Å²) in [5, 5.41) is 8.61. The van der Waals surface area contributed by atoms with Gasteiger partial charge in [0.1, 0.15) is 0 Å². The van der Waals surface area contributed by atoms with E-state index >= 15 is 0 Å². The van der Waals surface area contributed by atoms with Crippen LogP contribution in [0.15, 0.2) is 48.5 Å². The molecule has 0 spiro atoms. The topological polar surface area (TPSA) is 54.4 Å². The van der Waals surface area contributed by atoms with Gasteiger partial charge in [-0.15, -0.1) is 0 Å². The second-order valence-corrected chi connectivity index (χ2v) is 5.07. The van der Waals surface area contributed by atoms with Crippen LogP contribution in [-0.4, -0.2) is 16.9 Å². The first-order chi connectivity index (χ1) is 10.1. The van der Waals surface area contributed by atoms with Crippen molar-refractivity contribution in [2.24, 2.45) is 0 Å². The molecule has 0 aliphatic carbocycles. The van der Waals surface area contributed by atoms with Gasteiger partial charge in [-0.05, 0) is 36.1 Å². The second-order valence-electron chi connectivity index (χ2n) is 5.07.